The predicted octanol–water partition coefficient (Wildman–Crippen LogP) is 3.31. The van der Waals surface area contributed by atoms with Gasteiger partial charge >= 0.3 is 0 Å². The zero-order chi connectivity index (χ0) is 9.26. The molecule has 0 heterocycles. The molecular formula is C12H13ClO. The van der Waals surface area contributed by atoms with Gasteiger partial charge in [-0.05, 0) is 23.3 Å². The molecular weight excluding hydrogens is 196 g/mol. The van der Waals surface area contributed by atoms with Crippen molar-refractivity contribution in [1.29, 1.82) is 0 Å². The number of aliphatic hydroxyl groups excluding tert-OH is 1. The Morgan fingerprint density at radius 3 is 2.36 bits per heavy atom. The molecule has 0 saturated heterocycles. The Morgan fingerprint density at radius 1 is 1.00 bits per heavy atom. The number of fused-ring (bicyclic) bond motifs is 1. The molecule has 0 spiro atoms. The van der Waals surface area contributed by atoms with Crippen molar-refractivity contribution < 1.29 is 5.11 Å². The van der Waals surface area contributed by atoms with Gasteiger partial charge in [-0.2, -0.15) is 0 Å². The number of rotatable bonds is 1. The summed E-state index contributed by atoms with van der Waals surface area (Å²) in [7, 11) is 0. The van der Waals surface area contributed by atoms with Crippen LogP contribution in [0.25, 0.3) is 10.8 Å². The maximum atomic E-state index is 9.52. The van der Waals surface area contributed by atoms with Gasteiger partial charge in [-0.15, -0.1) is 12.4 Å². The van der Waals surface area contributed by atoms with Crippen molar-refractivity contribution in [2.24, 2.45) is 0 Å². The van der Waals surface area contributed by atoms with E-state index in [1.54, 1.807) is 6.92 Å². The largest absolute Gasteiger partial charge is 0.389 e. The number of benzene rings is 2. The smallest absolute Gasteiger partial charge is 0.0767 e. The molecule has 0 aliphatic rings. The van der Waals surface area contributed by atoms with Crippen LogP contribution in [-0.2, 0) is 0 Å². The molecule has 2 aromatic rings. The highest BCUT2D eigenvalue weighted by Gasteiger charge is 2.04. The summed E-state index contributed by atoms with van der Waals surface area (Å²) in [5.74, 6) is 0. The fraction of sp³-hybridized carbons (Fsp3) is 0.167. The van der Waals surface area contributed by atoms with Gasteiger partial charge in [0.2, 0.25) is 0 Å². The Kier molecular flexibility index (Phi) is 3.50. The summed E-state index contributed by atoms with van der Waals surface area (Å²) in [4.78, 5) is 0. The standard InChI is InChI=1S/C12H12O.ClH/c1-9(13)11-8-4-6-10-5-2-3-7-12(10)11;/h2-9,13H,1H3;1H. The first-order chi connectivity index (χ1) is 6.29. The van der Waals surface area contributed by atoms with E-state index >= 15 is 0 Å². The van der Waals surface area contributed by atoms with Gasteiger partial charge in [0.05, 0.1) is 6.10 Å². The second kappa shape index (κ2) is 4.45. The molecule has 74 valence electrons. The first-order valence-electron chi connectivity index (χ1n) is 4.45. The van der Waals surface area contributed by atoms with Crippen molar-refractivity contribution in [3.05, 3.63) is 48.0 Å². The molecule has 0 radical (unpaired) electrons. The van der Waals surface area contributed by atoms with Crippen LogP contribution >= 0.6 is 12.4 Å². The van der Waals surface area contributed by atoms with Crippen LogP contribution in [-0.4, -0.2) is 5.11 Å². The Balaban J connectivity index is 0.000000980. The lowest BCUT2D eigenvalue weighted by Crippen LogP contribution is -1.91. The SMILES string of the molecule is CC(O)c1cccc2ccccc12.Cl. The van der Waals surface area contributed by atoms with Gasteiger partial charge in [-0.3, -0.25) is 0 Å². The normalized spacial score (nSPS) is 12.1. The molecule has 1 unspecified atom stereocenters. The summed E-state index contributed by atoms with van der Waals surface area (Å²) in [6, 6.07) is 14.1. The van der Waals surface area contributed by atoms with E-state index in [2.05, 4.69) is 12.1 Å². The molecule has 1 atom stereocenters. The molecule has 1 N–H and O–H groups in total. The van der Waals surface area contributed by atoms with Crippen molar-refractivity contribution in [3.8, 4) is 0 Å². The van der Waals surface area contributed by atoms with E-state index in [1.165, 1.54) is 5.39 Å². The van der Waals surface area contributed by atoms with Crippen LogP contribution in [0.5, 0.6) is 0 Å². The van der Waals surface area contributed by atoms with Gasteiger partial charge in [-0.25, -0.2) is 0 Å². The average Bonchev–Trinajstić information content (AvgIpc) is 2.17. The van der Waals surface area contributed by atoms with Crippen molar-refractivity contribution >= 4 is 23.2 Å². The van der Waals surface area contributed by atoms with Crippen LogP contribution in [0.1, 0.15) is 18.6 Å². The molecule has 0 aliphatic carbocycles. The summed E-state index contributed by atoms with van der Waals surface area (Å²) in [5.41, 5.74) is 0.998. The lowest BCUT2D eigenvalue weighted by molar-refractivity contribution is 0.201. The minimum atomic E-state index is -0.397. The van der Waals surface area contributed by atoms with Crippen molar-refractivity contribution in [2.75, 3.05) is 0 Å². The lowest BCUT2D eigenvalue weighted by Gasteiger charge is -2.08. The van der Waals surface area contributed by atoms with Crippen LogP contribution in [0.3, 0.4) is 0 Å². The maximum absolute atomic E-state index is 9.52. The summed E-state index contributed by atoms with van der Waals surface area (Å²) in [6.45, 7) is 1.79. The van der Waals surface area contributed by atoms with Gasteiger partial charge < -0.3 is 5.11 Å². The minimum absolute atomic E-state index is 0. The van der Waals surface area contributed by atoms with Crippen LogP contribution in [0.2, 0.25) is 0 Å². The third-order valence-electron chi connectivity index (χ3n) is 2.27. The van der Waals surface area contributed by atoms with E-state index in [9.17, 15) is 5.11 Å². The van der Waals surface area contributed by atoms with Crippen molar-refractivity contribution in [3.63, 3.8) is 0 Å². The van der Waals surface area contributed by atoms with E-state index in [1.807, 2.05) is 30.3 Å². The molecule has 0 aliphatic heterocycles. The van der Waals surface area contributed by atoms with Gasteiger partial charge in [0.25, 0.3) is 0 Å². The molecule has 2 rings (SSSR count). The molecule has 0 fully saturated rings. The summed E-state index contributed by atoms with van der Waals surface area (Å²) in [5, 5.41) is 11.8. The van der Waals surface area contributed by atoms with Crippen LogP contribution in [0.15, 0.2) is 42.5 Å². The fourth-order valence-electron chi connectivity index (χ4n) is 1.61. The van der Waals surface area contributed by atoms with Crippen molar-refractivity contribution in [2.45, 2.75) is 13.0 Å². The van der Waals surface area contributed by atoms with Gasteiger partial charge in [0.1, 0.15) is 0 Å². The molecule has 0 aromatic heterocycles. The Labute approximate surface area is 89.8 Å². The fourth-order valence-corrected chi connectivity index (χ4v) is 1.61. The summed E-state index contributed by atoms with van der Waals surface area (Å²) in [6.07, 6.45) is -0.397. The summed E-state index contributed by atoms with van der Waals surface area (Å²) < 4.78 is 0. The second-order valence-electron chi connectivity index (χ2n) is 3.24. The molecule has 2 heteroatoms. The lowest BCUT2D eigenvalue weighted by atomic mass is 10.0. The maximum Gasteiger partial charge on any atom is 0.0767 e. The van der Waals surface area contributed by atoms with Crippen molar-refractivity contribution in [1.82, 2.24) is 0 Å². The minimum Gasteiger partial charge on any atom is -0.389 e. The molecule has 0 amide bonds. The first-order valence-corrected chi connectivity index (χ1v) is 4.45. The molecule has 14 heavy (non-hydrogen) atoms. The molecule has 0 bridgehead atoms. The average molecular weight is 209 g/mol. The number of halogens is 1. The third kappa shape index (κ3) is 1.89. The highest BCUT2D eigenvalue weighted by atomic mass is 35.5. The highest BCUT2D eigenvalue weighted by molar-refractivity contribution is 5.86. The van der Waals surface area contributed by atoms with E-state index < -0.39 is 6.10 Å². The van der Waals surface area contributed by atoms with E-state index in [0.29, 0.717) is 0 Å². The quantitative estimate of drug-likeness (QED) is 0.763. The molecule has 0 saturated carbocycles. The summed E-state index contributed by atoms with van der Waals surface area (Å²) >= 11 is 0. The van der Waals surface area contributed by atoms with Crippen LogP contribution < -0.4 is 0 Å². The first kappa shape index (κ1) is 11.0. The zero-order valence-electron chi connectivity index (χ0n) is 7.97. The number of aliphatic hydroxyl groups is 1. The van der Waals surface area contributed by atoms with E-state index in [4.69, 9.17) is 0 Å². The third-order valence-corrected chi connectivity index (χ3v) is 2.27. The second-order valence-corrected chi connectivity index (χ2v) is 3.24. The predicted molar refractivity (Wildman–Crippen MR) is 61.8 cm³/mol. The molecule has 2 aromatic carbocycles. The topological polar surface area (TPSA) is 20.2 Å². The monoisotopic (exact) mass is 208 g/mol. The zero-order valence-corrected chi connectivity index (χ0v) is 8.79. The van der Waals surface area contributed by atoms with Crippen LogP contribution in [0, 0.1) is 0 Å². The number of hydrogen-bond donors (Lipinski definition) is 1. The molecule has 1 nitrogen and oxygen atoms in total. The van der Waals surface area contributed by atoms with Crippen LogP contribution in [0.4, 0.5) is 0 Å². The van der Waals surface area contributed by atoms with Gasteiger partial charge in [0.15, 0.2) is 0 Å². The van der Waals surface area contributed by atoms with Gasteiger partial charge in [0, 0.05) is 0 Å². The number of hydrogen-bond acceptors (Lipinski definition) is 1. The Bertz CT molecular complexity index is 418. The Morgan fingerprint density at radius 2 is 1.64 bits per heavy atom. The van der Waals surface area contributed by atoms with E-state index in [-0.39, 0.29) is 12.4 Å². The van der Waals surface area contributed by atoms with Gasteiger partial charge in [-0.1, -0.05) is 42.5 Å². The highest BCUT2D eigenvalue weighted by Crippen LogP contribution is 2.23. The van der Waals surface area contributed by atoms with E-state index in [0.717, 1.165) is 10.9 Å². The Hall–Kier alpha value is -1.05.